The van der Waals surface area contributed by atoms with Crippen molar-refractivity contribution in [2.24, 2.45) is 5.92 Å². The molecule has 1 aliphatic rings. The second kappa shape index (κ2) is 6.70. The molecule has 0 aliphatic carbocycles. The topological polar surface area (TPSA) is 49.4 Å². The highest BCUT2D eigenvalue weighted by molar-refractivity contribution is 5.89. The van der Waals surface area contributed by atoms with E-state index in [4.69, 9.17) is 0 Å². The standard InChI is InChI=1S/C16H21FN2O2/c1-3-11(2)19-10-13(8-15(19)20)16(21)18-9-12-6-4-5-7-14(12)17/h4-7,11,13H,3,8-10H2,1-2H3,(H,18,21). The van der Waals surface area contributed by atoms with Gasteiger partial charge in [-0.15, -0.1) is 0 Å². The molecule has 1 saturated heterocycles. The number of benzene rings is 1. The van der Waals surface area contributed by atoms with Gasteiger partial charge in [-0.1, -0.05) is 25.1 Å². The lowest BCUT2D eigenvalue weighted by molar-refractivity contribution is -0.130. The second-order valence-electron chi connectivity index (χ2n) is 5.51. The Morgan fingerprint density at radius 3 is 2.86 bits per heavy atom. The second-order valence-corrected chi connectivity index (χ2v) is 5.51. The average Bonchev–Trinajstić information content (AvgIpc) is 2.87. The first-order chi connectivity index (χ1) is 10.0. The van der Waals surface area contributed by atoms with Crippen LogP contribution in [0.4, 0.5) is 4.39 Å². The Kier molecular flexibility index (Phi) is 4.94. The number of carbonyl (C=O) groups excluding carboxylic acids is 2. The molecule has 2 unspecified atom stereocenters. The van der Waals surface area contributed by atoms with Crippen molar-refractivity contribution in [2.45, 2.75) is 39.3 Å². The maximum atomic E-state index is 13.5. The van der Waals surface area contributed by atoms with Crippen LogP contribution in [0.2, 0.25) is 0 Å². The van der Waals surface area contributed by atoms with E-state index in [0.29, 0.717) is 12.1 Å². The number of hydrogen-bond donors (Lipinski definition) is 1. The molecule has 5 heteroatoms. The Hall–Kier alpha value is -1.91. The summed E-state index contributed by atoms with van der Waals surface area (Å²) in [6, 6.07) is 6.50. The monoisotopic (exact) mass is 292 g/mol. The van der Waals surface area contributed by atoms with Gasteiger partial charge in [0, 0.05) is 31.1 Å². The van der Waals surface area contributed by atoms with E-state index in [2.05, 4.69) is 5.32 Å². The van der Waals surface area contributed by atoms with Crippen LogP contribution in [-0.4, -0.2) is 29.3 Å². The van der Waals surface area contributed by atoms with Crippen molar-refractivity contribution in [3.05, 3.63) is 35.6 Å². The molecule has 2 rings (SSSR count). The summed E-state index contributed by atoms with van der Waals surface area (Å²) in [4.78, 5) is 25.8. The quantitative estimate of drug-likeness (QED) is 0.903. The molecule has 0 saturated carbocycles. The number of halogens is 1. The van der Waals surface area contributed by atoms with E-state index in [0.717, 1.165) is 6.42 Å². The molecule has 1 fully saturated rings. The number of carbonyl (C=O) groups is 2. The number of nitrogens with zero attached hydrogens (tertiary/aromatic N) is 1. The summed E-state index contributed by atoms with van der Waals surface area (Å²) in [7, 11) is 0. The molecule has 2 amide bonds. The van der Waals surface area contributed by atoms with Crippen LogP contribution in [0.3, 0.4) is 0 Å². The fourth-order valence-electron chi connectivity index (χ4n) is 2.52. The molecule has 2 atom stereocenters. The Morgan fingerprint density at radius 1 is 1.48 bits per heavy atom. The lowest BCUT2D eigenvalue weighted by atomic mass is 10.1. The van der Waals surface area contributed by atoms with Crippen LogP contribution in [-0.2, 0) is 16.1 Å². The van der Waals surface area contributed by atoms with Crippen molar-refractivity contribution in [1.82, 2.24) is 10.2 Å². The maximum absolute atomic E-state index is 13.5. The van der Waals surface area contributed by atoms with Gasteiger partial charge in [0.1, 0.15) is 5.82 Å². The summed E-state index contributed by atoms with van der Waals surface area (Å²) in [5, 5.41) is 2.72. The zero-order valence-electron chi connectivity index (χ0n) is 12.4. The molecule has 0 aromatic heterocycles. The first-order valence-corrected chi connectivity index (χ1v) is 7.33. The molecule has 0 radical (unpaired) electrons. The highest BCUT2D eigenvalue weighted by Gasteiger charge is 2.35. The van der Waals surface area contributed by atoms with Crippen molar-refractivity contribution < 1.29 is 14.0 Å². The molecular weight excluding hydrogens is 271 g/mol. The minimum atomic E-state index is -0.335. The Balaban J connectivity index is 1.90. The van der Waals surface area contributed by atoms with Gasteiger partial charge in [-0.05, 0) is 19.4 Å². The van der Waals surface area contributed by atoms with E-state index in [9.17, 15) is 14.0 Å². The number of amides is 2. The van der Waals surface area contributed by atoms with Crippen molar-refractivity contribution >= 4 is 11.8 Å². The van der Waals surface area contributed by atoms with E-state index in [1.807, 2.05) is 13.8 Å². The minimum Gasteiger partial charge on any atom is -0.352 e. The zero-order valence-corrected chi connectivity index (χ0v) is 12.4. The third-order valence-corrected chi connectivity index (χ3v) is 4.06. The largest absolute Gasteiger partial charge is 0.352 e. The summed E-state index contributed by atoms with van der Waals surface area (Å²) < 4.78 is 13.5. The fraction of sp³-hybridized carbons (Fsp3) is 0.500. The third-order valence-electron chi connectivity index (χ3n) is 4.06. The van der Waals surface area contributed by atoms with Crippen LogP contribution in [0.15, 0.2) is 24.3 Å². The van der Waals surface area contributed by atoms with Crippen LogP contribution in [0, 0.1) is 11.7 Å². The number of hydrogen-bond acceptors (Lipinski definition) is 2. The van der Waals surface area contributed by atoms with Crippen LogP contribution < -0.4 is 5.32 Å². The summed E-state index contributed by atoms with van der Waals surface area (Å²) in [6.45, 7) is 4.61. The Bertz CT molecular complexity index is 533. The van der Waals surface area contributed by atoms with Crippen molar-refractivity contribution in [2.75, 3.05) is 6.54 Å². The predicted molar refractivity (Wildman–Crippen MR) is 77.8 cm³/mol. The van der Waals surface area contributed by atoms with Gasteiger partial charge in [0.25, 0.3) is 0 Å². The van der Waals surface area contributed by atoms with E-state index in [-0.39, 0.29) is 42.6 Å². The molecule has 4 nitrogen and oxygen atoms in total. The van der Waals surface area contributed by atoms with Gasteiger partial charge in [0.05, 0.1) is 5.92 Å². The lowest BCUT2D eigenvalue weighted by Gasteiger charge is -2.23. The summed E-state index contributed by atoms with van der Waals surface area (Å²) in [5.41, 5.74) is 0.453. The van der Waals surface area contributed by atoms with Crippen LogP contribution in [0.5, 0.6) is 0 Å². The average molecular weight is 292 g/mol. The highest BCUT2D eigenvalue weighted by Crippen LogP contribution is 2.21. The molecule has 1 N–H and O–H groups in total. The molecule has 1 heterocycles. The number of rotatable bonds is 5. The zero-order chi connectivity index (χ0) is 15.4. The molecule has 0 bridgehead atoms. The molecule has 114 valence electrons. The molecule has 21 heavy (non-hydrogen) atoms. The van der Waals surface area contributed by atoms with Gasteiger partial charge in [-0.2, -0.15) is 0 Å². The van der Waals surface area contributed by atoms with E-state index >= 15 is 0 Å². The molecule has 1 aromatic carbocycles. The molecular formula is C16H21FN2O2. The smallest absolute Gasteiger partial charge is 0.225 e. The van der Waals surface area contributed by atoms with Gasteiger partial charge in [0.2, 0.25) is 11.8 Å². The van der Waals surface area contributed by atoms with E-state index in [1.54, 1.807) is 23.1 Å². The molecule has 1 aliphatic heterocycles. The van der Waals surface area contributed by atoms with Gasteiger partial charge >= 0.3 is 0 Å². The van der Waals surface area contributed by atoms with Crippen molar-refractivity contribution in [3.8, 4) is 0 Å². The first kappa shape index (κ1) is 15.5. The van der Waals surface area contributed by atoms with Gasteiger partial charge in [0.15, 0.2) is 0 Å². The summed E-state index contributed by atoms with van der Waals surface area (Å²) >= 11 is 0. The predicted octanol–water partition coefficient (Wildman–Crippen LogP) is 2.09. The van der Waals surface area contributed by atoms with Crippen LogP contribution in [0.25, 0.3) is 0 Å². The summed E-state index contributed by atoms with van der Waals surface area (Å²) in [5.74, 6) is -0.826. The van der Waals surface area contributed by atoms with Gasteiger partial charge in [-0.3, -0.25) is 9.59 Å². The highest BCUT2D eigenvalue weighted by atomic mass is 19.1. The van der Waals surface area contributed by atoms with Crippen molar-refractivity contribution in [1.29, 1.82) is 0 Å². The maximum Gasteiger partial charge on any atom is 0.225 e. The molecule has 1 aromatic rings. The van der Waals surface area contributed by atoms with Crippen LogP contribution >= 0.6 is 0 Å². The first-order valence-electron chi connectivity index (χ1n) is 7.33. The number of nitrogens with one attached hydrogen (secondary N) is 1. The SMILES string of the molecule is CCC(C)N1CC(C(=O)NCc2ccccc2F)CC1=O. The number of likely N-dealkylation sites (tertiary alicyclic amines) is 1. The Labute approximate surface area is 124 Å². The van der Waals surface area contributed by atoms with E-state index < -0.39 is 0 Å². The van der Waals surface area contributed by atoms with E-state index in [1.165, 1.54) is 6.07 Å². The minimum absolute atomic E-state index is 0.0235. The normalized spacial score (nSPS) is 19.7. The third kappa shape index (κ3) is 3.60. The summed E-state index contributed by atoms with van der Waals surface area (Å²) in [6.07, 6.45) is 1.11. The van der Waals surface area contributed by atoms with Gasteiger partial charge < -0.3 is 10.2 Å². The Morgan fingerprint density at radius 2 is 2.19 bits per heavy atom. The van der Waals surface area contributed by atoms with Gasteiger partial charge in [-0.25, -0.2) is 4.39 Å². The lowest BCUT2D eigenvalue weighted by Crippen LogP contribution is -2.36. The van der Waals surface area contributed by atoms with Crippen molar-refractivity contribution in [3.63, 3.8) is 0 Å². The fourth-order valence-corrected chi connectivity index (χ4v) is 2.52. The van der Waals surface area contributed by atoms with Crippen LogP contribution in [0.1, 0.15) is 32.3 Å². The molecule has 0 spiro atoms.